The Morgan fingerprint density at radius 3 is 2.56 bits per heavy atom. The molecule has 0 saturated carbocycles. The molecule has 0 aliphatic carbocycles. The Kier molecular flexibility index (Phi) is 5.18. The highest BCUT2D eigenvalue weighted by Crippen LogP contribution is 2.37. The lowest BCUT2D eigenvalue weighted by atomic mass is 9.88. The number of primary amides is 1. The third-order valence-corrected chi connectivity index (χ3v) is 4.08. The van der Waals surface area contributed by atoms with Gasteiger partial charge < -0.3 is 20.5 Å². The van der Waals surface area contributed by atoms with E-state index in [4.69, 9.17) is 15.2 Å². The minimum atomic E-state index is -0.435. The van der Waals surface area contributed by atoms with E-state index in [1.54, 1.807) is 0 Å². The molecule has 3 N–H and O–H groups in total. The number of carbonyl (C=O) groups excluding carboxylic acids is 2. The van der Waals surface area contributed by atoms with E-state index in [0.29, 0.717) is 11.5 Å². The lowest BCUT2D eigenvalue weighted by Crippen LogP contribution is -2.29. The van der Waals surface area contributed by atoms with Crippen LogP contribution in [0.2, 0.25) is 0 Å². The van der Waals surface area contributed by atoms with Crippen LogP contribution in [-0.4, -0.2) is 25.2 Å². The zero-order chi connectivity index (χ0) is 17.6. The lowest BCUT2D eigenvalue weighted by molar-refractivity contribution is -0.121. The first-order valence-electron chi connectivity index (χ1n) is 8.13. The minimum absolute atomic E-state index is 0.121. The van der Waals surface area contributed by atoms with Crippen molar-refractivity contribution < 1.29 is 19.1 Å². The summed E-state index contributed by atoms with van der Waals surface area (Å²) in [6, 6.07) is 15.5. The molecule has 0 unspecified atom stereocenters. The van der Waals surface area contributed by atoms with E-state index >= 15 is 0 Å². The van der Waals surface area contributed by atoms with Gasteiger partial charge >= 0.3 is 0 Å². The fourth-order valence-electron chi connectivity index (χ4n) is 2.83. The monoisotopic (exact) mass is 340 g/mol. The Morgan fingerprint density at radius 2 is 1.80 bits per heavy atom. The van der Waals surface area contributed by atoms with Gasteiger partial charge in [0.2, 0.25) is 18.6 Å². The van der Waals surface area contributed by atoms with Gasteiger partial charge in [-0.15, -0.1) is 0 Å². The largest absolute Gasteiger partial charge is 0.454 e. The maximum absolute atomic E-state index is 12.3. The molecule has 2 aromatic rings. The van der Waals surface area contributed by atoms with Crippen LogP contribution in [-0.2, 0) is 9.59 Å². The molecule has 25 heavy (non-hydrogen) atoms. The standard InChI is InChI=1S/C19H20N2O4/c20-18(22)8-9-21-19(23)11-15(13-4-2-1-3-5-13)14-6-7-16-17(10-14)25-12-24-16/h1-7,10,15H,8-9,11-12H2,(H2,20,22)(H,21,23)/t15-/m0/s1. The van der Waals surface area contributed by atoms with Gasteiger partial charge in [-0.3, -0.25) is 9.59 Å². The number of nitrogens with two attached hydrogens (primary N) is 1. The Hall–Kier alpha value is -3.02. The zero-order valence-corrected chi connectivity index (χ0v) is 13.7. The van der Waals surface area contributed by atoms with E-state index < -0.39 is 5.91 Å². The molecule has 6 heteroatoms. The molecule has 3 rings (SSSR count). The number of nitrogens with one attached hydrogen (secondary N) is 1. The maximum Gasteiger partial charge on any atom is 0.231 e. The van der Waals surface area contributed by atoms with E-state index in [9.17, 15) is 9.59 Å². The summed E-state index contributed by atoms with van der Waals surface area (Å²) in [5.74, 6) is 0.710. The van der Waals surface area contributed by atoms with Gasteiger partial charge in [0.15, 0.2) is 11.5 Å². The number of benzene rings is 2. The van der Waals surface area contributed by atoms with Gasteiger partial charge in [-0.1, -0.05) is 36.4 Å². The number of hydrogen-bond donors (Lipinski definition) is 2. The molecule has 0 aromatic heterocycles. The van der Waals surface area contributed by atoms with Gasteiger partial charge in [0.05, 0.1) is 0 Å². The van der Waals surface area contributed by atoms with Crippen LogP contribution in [0.3, 0.4) is 0 Å². The van der Waals surface area contributed by atoms with Crippen molar-refractivity contribution in [1.82, 2.24) is 5.32 Å². The molecular formula is C19H20N2O4. The van der Waals surface area contributed by atoms with Crippen molar-refractivity contribution in [2.75, 3.05) is 13.3 Å². The van der Waals surface area contributed by atoms with E-state index in [-0.39, 0.29) is 38.0 Å². The van der Waals surface area contributed by atoms with Crippen LogP contribution < -0.4 is 20.5 Å². The predicted octanol–water partition coefficient (Wildman–Crippen LogP) is 1.93. The Bertz CT molecular complexity index is 761. The van der Waals surface area contributed by atoms with E-state index in [0.717, 1.165) is 11.1 Å². The molecule has 2 aromatic carbocycles. The molecule has 6 nitrogen and oxygen atoms in total. The highest BCUT2D eigenvalue weighted by Gasteiger charge is 2.21. The lowest BCUT2D eigenvalue weighted by Gasteiger charge is -2.18. The van der Waals surface area contributed by atoms with Gasteiger partial charge in [0.1, 0.15) is 0 Å². The van der Waals surface area contributed by atoms with Gasteiger partial charge in [-0.05, 0) is 23.3 Å². The summed E-state index contributed by atoms with van der Waals surface area (Å²) in [6.45, 7) is 0.458. The molecule has 0 radical (unpaired) electrons. The summed E-state index contributed by atoms with van der Waals surface area (Å²) in [6.07, 6.45) is 0.397. The number of hydrogen-bond acceptors (Lipinski definition) is 4. The minimum Gasteiger partial charge on any atom is -0.454 e. The van der Waals surface area contributed by atoms with Crippen LogP contribution in [0.25, 0.3) is 0 Å². The predicted molar refractivity (Wildman–Crippen MR) is 92.3 cm³/mol. The molecule has 1 aliphatic rings. The zero-order valence-electron chi connectivity index (χ0n) is 13.7. The number of amides is 2. The normalized spacial score (nSPS) is 13.3. The van der Waals surface area contributed by atoms with Gasteiger partial charge in [0.25, 0.3) is 0 Å². The third kappa shape index (κ3) is 4.29. The highest BCUT2D eigenvalue weighted by molar-refractivity contribution is 5.79. The quantitative estimate of drug-likeness (QED) is 0.806. The van der Waals surface area contributed by atoms with Gasteiger partial charge in [-0.25, -0.2) is 0 Å². The highest BCUT2D eigenvalue weighted by atomic mass is 16.7. The van der Waals surface area contributed by atoms with E-state index in [1.165, 1.54) is 0 Å². The van der Waals surface area contributed by atoms with Crippen LogP contribution in [0, 0.1) is 0 Å². The first-order valence-corrected chi connectivity index (χ1v) is 8.13. The van der Waals surface area contributed by atoms with E-state index in [1.807, 2.05) is 48.5 Å². The molecule has 1 aliphatic heterocycles. The van der Waals surface area contributed by atoms with Gasteiger partial charge in [0, 0.05) is 25.3 Å². The SMILES string of the molecule is NC(=O)CCNC(=O)C[C@@H](c1ccccc1)c1ccc2c(c1)OCO2. The van der Waals surface area contributed by atoms with Crippen LogP contribution in [0.15, 0.2) is 48.5 Å². The molecule has 2 amide bonds. The first-order chi connectivity index (χ1) is 12.1. The number of carbonyl (C=O) groups is 2. The van der Waals surface area contributed by atoms with Crippen LogP contribution >= 0.6 is 0 Å². The molecule has 0 saturated heterocycles. The summed E-state index contributed by atoms with van der Waals surface area (Å²) in [4.78, 5) is 23.1. The van der Waals surface area contributed by atoms with Crippen LogP contribution in [0.5, 0.6) is 11.5 Å². The molecule has 0 fully saturated rings. The Labute approximate surface area is 145 Å². The van der Waals surface area contributed by atoms with Crippen molar-refractivity contribution in [2.24, 2.45) is 5.73 Å². The van der Waals surface area contributed by atoms with Crippen molar-refractivity contribution in [3.8, 4) is 11.5 Å². The number of rotatable bonds is 7. The summed E-state index contributed by atoms with van der Waals surface area (Å²) in [7, 11) is 0. The molecule has 1 atom stereocenters. The average molecular weight is 340 g/mol. The fourth-order valence-corrected chi connectivity index (χ4v) is 2.83. The first kappa shape index (κ1) is 16.8. The smallest absolute Gasteiger partial charge is 0.231 e. The van der Waals surface area contributed by atoms with Crippen LogP contribution in [0.1, 0.15) is 29.9 Å². The average Bonchev–Trinajstić information content (AvgIpc) is 3.08. The Morgan fingerprint density at radius 1 is 1.04 bits per heavy atom. The van der Waals surface area contributed by atoms with Crippen molar-refractivity contribution in [2.45, 2.75) is 18.8 Å². The van der Waals surface area contributed by atoms with Gasteiger partial charge in [-0.2, -0.15) is 0 Å². The summed E-state index contributed by atoms with van der Waals surface area (Å²) < 4.78 is 10.8. The van der Waals surface area contributed by atoms with E-state index in [2.05, 4.69) is 5.32 Å². The fraction of sp³-hybridized carbons (Fsp3) is 0.263. The van der Waals surface area contributed by atoms with Crippen LogP contribution in [0.4, 0.5) is 0 Å². The molecule has 130 valence electrons. The molecule has 0 bridgehead atoms. The van der Waals surface area contributed by atoms with Crippen molar-refractivity contribution in [1.29, 1.82) is 0 Å². The molecule has 1 heterocycles. The summed E-state index contributed by atoms with van der Waals surface area (Å²) >= 11 is 0. The second-order valence-electron chi connectivity index (χ2n) is 5.85. The second kappa shape index (κ2) is 7.70. The second-order valence-corrected chi connectivity index (χ2v) is 5.85. The molecular weight excluding hydrogens is 320 g/mol. The number of fused-ring (bicyclic) bond motifs is 1. The molecule has 0 spiro atoms. The summed E-state index contributed by atoms with van der Waals surface area (Å²) in [5.41, 5.74) is 7.10. The van der Waals surface area contributed by atoms with Crippen molar-refractivity contribution in [3.63, 3.8) is 0 Å². The van der Waals surface area contributed by atoms with Crippen molar-refractivity contribution in [3.05, 3.63) is 59.7 Å². The van der Waals surface area contributed by atoms with Crippen molar-refractivity contribution >= 4 is 11.8 Å². The Balaban J connectivity index is 1.79. The number of ether oxygens (including phenoxy) is 2. The summed E-state index contributed by atoms with van der Waals surface area (Å²) in [5, 5.41) is 2.74. The maximum atomic E-state index is 12.3. The third-order valence-electron chi connectivity index (χ3n) is 4.08. The topological polar surface area (TPSA) is 90.7 Å².